The second-order valence-corrected chi connectivity index (χ2v) is 8.91. The molecule has 0 aliphatic carbocycles. The lowest BCUT2D eigenvalue weighted by atomic mass is 9.98. The fourth-order valence-electron chi connectivity index (χ4n) is 3.35. The minimum absolute atomic E-state index is 0.155. The number of halogens is 1. The third kappa shape index (κ3) is 4.27. The van der Waals surface area contributed by atoms with E-state index in [0.717, 1.165) is 38.8 Å². The number of rotatable bonds is 5. The van der Waals surface area contributed by atoms with E-state index in [1.165, 1.54) is 0 Å². The van der Waals surface area contributed by atoms with Gasteiger partial charge in [0.05, 0.1) is 25.3 Å². The van der Waals surface area contributed by atoms with Crippen LogP contribution in [0.1, 0.15) is 30.0 Å². The molecular weight excluding hydrogens is 470 g/mol. The van der Waals surface area contributed by atoms with Crippen molar-refractivity contribution in [3.8, 4) is 5.75 Å². The van der Waals surface area contributed by atoms with Gasteiger partial charge in [0, 0.05) is 10.9 Å². The SMILES string of the molecule is COc1ccc(C2CC(c3ccc(Br)cc3)=NN2C2=NC(=O)C(CC(=O)O)S2)cc1. The Labute approximate surface area is 186 Å². The van der Waals surface area contributed by atoms with E-state index < -0.39 is 17.1 Å². The minimum Gasteiger partial charge on any atom is -0.497 e. The molecule has 2 heterocycles. The number of thioether (sulfide) groups is 1. The lowest BCUT2D eigenvalue weighted by molar-refractivity contribution is -0.138. The number of carbonyl (C=O) groups is 2. The highest BCUT2D eigenvalue weighted by Gasteiger charge is 2.39. The number of ether oxygens (including phenoxy) is 1. The van der Waals surface area contributed by atoms with Gasteiger partial charge in [-0.3, -0.25) is 9.59 Å². The van der Waals surface area contributed by atoms with Crippen molar-refractivity contribution in [3.63, 3.8) is 0 Å². The van der Waals surface area contributed by atoms with Crippen LogP contribution in [-0.2, 0) is 9.59 Å². The van der Waals surface area contributed by atoms with Crippen molar-refractivity contribution in [3.05, 3.63) is 64.1 Å². The zero-order valence-electron chi connectivity index (χ0n) is 16.0. The molecule has 0 saturated carbocycles. The Kier molecular flexibility index (Phi) is 5.92. The van der Waals surface area contributed by atoms with Crippen LogP contribution in [0.2, 0.25) is 0 Å². The number of aliphatic imine (C=N–C) groups is 1. The minimum atomic E-state index is -1.02. The molecule has 2 atom stereocenters. The fraction of sp³-hybridized carbons (Fsp3) is 0.238. The first kappa shape index (κ1) is 20.6. The molecule has 7 nitrogen and oxygen atoms in total. The summed E-state index contributed by atoms with van der Waals surface area (Å²) in [6.07, 6.45) is 0.367. The van der Waals surface area contributed by atoms with E-state index in [2.05, 4.69) is 20.9 Å². The Hall–Kier alpha value is -2.65. The molecule has 9 heteroatoms. The smallest absolute Gasteiger partial charge is 0.305 e. The van der Waals surface area contributed by atoms with Crippen molar-refractivity contribution in [2.24, 2.45) is 10.1 Å². The summed E-state index contributed by atoms with van der Waals surface area (Å²) >= 11 is 4.60. The summed E-state index contributed by atoms with van der Waals surface area (Å²) < 4.78 is 6.23. The number of carbonyl (C=O) groups excluding carboxylic acids is 1. The second kappa shape index (κ2) is 8.61. The molecule has 30 heavy (non-hydrogen) atoms. The van der Waals surface area contributed by atoms with Crippen LogP contribution in [0, 0.1) is 0 Å². The largest absolute Gasteiger partial charge is 0.497 e. The summed E-state index contributed by atoms with van der Waals surface area (Å²) in [4.78, 5) is 27.4. The predicted molar refractivity (Wildman–Crippen MR) is 119 cm³/mol. The van der Waals surface area contributed by atoms with Crippen molar-refractivity contribution >= 4 is 50.4 Å². The zero-order valence-corrected chi connectivity index (χ0v) is 18.4. The molecule has 1 N–H and O–H groups in total. The van der Waals surface area contributed by atoms with Crippen LogP contribution in [0.4, 0.5) is 0 Å². The molecule has 4 rings (SSSR count). The van der Waals surface area contributed by atoms with Gasteiger partial charge in [-0.25, -0.2) is 5.01 Å². The molecule has 0 spiro atoms. The maximum atomic E-state index is 12.2. The van der Waals surface area contributed by atoms with Crippen LogP contribution < -0.4 is 4.74 Å². The van der Waals surface area contributed by atoms with Gasteiger partial charge in [-0.2, -0.15) is 10.1 Å². The molecule has 1 amide bonds. The molecule has 2 unspecified atom stereocenters. The van der Waals surface area contributed by atoms with Crippen molar-refractivity contribution in [1.82, 2.24) is 5.01 Å². The van der Waals surface area contributed by atoms with Gasteiger partial charge in [0.2, 0.25) is 0 Å². The lowest BCUT2D eigenvalue weighted by Gasteiger charge is -2.23. The summed E-state index contributed by atoms with van der Waals surface area (Å²) in [5, 5.41) is 15.3. The maximum Gasteiger partial charge on any atom is 0.305 e. The molecule has 0 fully saturated rings. The van der Waals surface area contributed by atoms with E-state index in [1.807, 2.05) is 48.5 Å². The van der Waals surface area contributed by atoms with Gasteiger partial charge in [-0.15, -0.1) is 0 Å². The lowest BCUT2D eigenvalue weighted by Crippen LogP contribution is -2.24. The van der Waals surface area contributed by atoms with Gasteiger partial charge in [-0.1, -0.05) is 52.0 Å². The van der Waals surface area contributed by atoms with Crippen LogP contribution in [0.15, 0.2) is 63.1 Å². The first-order valence-electron chi connectivity index (χ1n) is 9.22. The second-order valence-electron chi connectivity index (χ2n) is 6.83. The Morgan fingerprint density at radius 3 is 2.57 bits per heavy atom. The van der Waals surface area contributed by atoms with Crippen LogP contribution in [0.5, 0.6) is 5.75 Å². The average molecular weight is 488 g/mol. The Morgan fingerprint density at radius 2 is 1.93 bits per heavy atom. The number of methoxy groups -OCH3 is 1. The molecule has 0 aromatic heterocycles. The highest BCUT2D eigenvalue weighted by molar-refractivity contribution is 9.10. The summed E-state index contributed by atoms with van der Waals surface area (Å²) in [6, 6.07) is 15.4. The molecule has 0 bridgehead atoms. The van der Waals surface area contributed by atoms with Crippen LogP contribution in [-0.4, -0.2) is 45.2 Å². The molecule has 2 aromatic carbocycles. The summed E-state index contributed by atoms with van der Waals surface area (Å²) in [5.74, 6) is -0.704. The average Bonchev–Trinajstić information content (AvgIpc) is 3.32. The third-order valence-electron chi connectivity index (χ3n) is 4.87. The highest BCUT2D eigenvalue weighted by atomic mass is 79.9. The predicted octanol–water partition coefficient (Wildman–Crippen LogP) is 4.08. The topological polar surface area (TPSA) is 91.6 Å². The van der Waals surface area contributed by atoms with Gasteiger partial charge in [0.1, 0.15) is 11.0 Å². The monoisotopic (exact) mass is 487 g/mol. The summed E-state index contributed by atoms with van der Waals surface area (Å²) in [7, 11) is 1.61. The maximum absolute atomic E-state index is 12.2. The number of carboxylic acid groups (broad SMARTS) is 1. The first-order chi connectivity index (χ1) is 14.4. The Bertz CT molecular complexity index is 1040. The Balaban J connectivity index is 1.66. The molecule has 2 aromatic rings. The van der Waals surface area contributed by atoms with Gasteiger partial charge < -0.3 is 9.84 Å². The highest BCUT2D eigenvalue weighted by Crippen LogP contribution is 2.39. The summed E-state index contributed by atoms with van der Waals surface area (Å²) in [5.41, 5.74) is 2.86. The van der Waals surface area contributed by atoms with Crippen LogP contribution in [0.3, 0.4) is 0 Å². The first-order valence-corrected chi connectivity index (χ1v) is 10.9. The molecule has 0 saturated heterocycles. The van der Waals surface area contributed by atoms with E-state index in [9.17, 15) is 9.59 Å². The third-order valence-corrected chi connectivity index (χ3v) is 6.54. The van der Waals surface area contributed by atoms with Crippen molar-refractivity contribution in [2.45, 2.75) is 24.1 Å². The molecular formula is C21H18BrN3O4S. The van der Waals surface area contributed by atoms with Crippen molar-refractivity contribution < 1.29 is 19.4 Å². The number of carboxylic acids is 1. The van der Waals surface area contributed by atoms with Gasteiger partial charge >= 0.3 is 5.97 Å². The van der Waals surface area contributed by atoms with Crippen molar-refractivity contribution in [2.75, 3.05) is 7.11 Å². The number of hydrogen-bond acceptors (Lipinski definition) is 6. The standard InChI is InChI=1S/C21H18BrN3O4S/c1-29-15-8-4-13(5-9-15)17-10-16(12-2-6-14(22)7-3-12)24-25(17)21-23-20(28)18(30-21)11-19(26)27/h2-9,17-18H,10-11H2,1H3,(H,26,27). The molecule has 2 aliphatic rings. The van der Waals surface area contributed by atoms with Gasteiger partial charge in [-0.05, 0) is 35.4 Å². The fourth-order valence-corrected chi connectivity index (χ4v) is 4.67. The number of amidine groups is 1. The molecule has 154 valence electrons. The molecule has 0 radical (unpaired) electrons. The number of aliphatic carboxylic acids is 1. The van der Waals surface area contributed by atoms with E-state index in [-0.39, 0.29) is 12.5 Å². The number of hydrazone groups is 1. The van der Waals surface area contributed by atoms with E-state index in [4.69, 9.17) is 14.9 Å². The Morgan fingerprint density at radius 1 is 1.23 bits per heavy atom. The zero-order chi connectivity index (χ0) is 21.3. The van der Waals surface area contributed by atoms with Crippen LogP contribution in [0.25, 0.3) is 0 Å². The van der Waals surface area contributed by atoms with Crippen molar-refractivity contribution in [1.29, 1.82) is 0 Å². The van der Waals surface area contributed by atoms with Crippen LogP contribution >= 0.6 is 27.7 Å². The number of hydrogen-bond donors (Lipinski definition) is 1. The molecule has 2 aliphatic heterocycles. The number of benzene rings is 2. The quantitative estimate of drug-likeness (QED) is 0.682. The van der Waals surface area contributed by atoms with Gasteiger partial charge in [0.25, 0.3) is 5.91 Å². The van der Waals surface area contributed by atoms with E-state index >= 15 is 0 Å². The number of amides is 1. The summed E-state index contributed by atoms with van der Waals surface area (Å²) in [6.45, 7) is 0. The van der Waals surface area contributed by atoms with Gasteiger partial charge in [0.15, 0.2) is 5.17 Å². The van der Waals surface area contributed by atoms with E-state index in [1.54, 1.807) is 12.1 Å². The normalized spacial score (nSPS) is 20.9. The number of nitrogens with zero attached hydrogens (tertiary/aromatic N) is 3. The van der Waals surface area contributed by atoms with E-state index in [0.29, 0.717) is 11.6 Å².